The Morgan fingerprint density at radius 1 is 1.19 bits per heavy atom. The number of hydrogen-bond donors (Lipinski definition) is 1. The van der Waals surface area contributed by atoms with Crippen LogP contribution in [0.25, 0.3) is 16.7 Å². The summed E-state index contributed by atoms with van der Waals surface area (Å²) in [4.78, 5) is 16.7. The Kier molecular flexibility index (Phi) is 4.57. The molecule has 2 aliphatic heterocycles. The van der Waals surface area contributed by atoms with Crippen molar-refractivity contribution in [2.75, 3.05) is 0 Å². The van der Waals surface area contributed by atoms with Gasteiger partial charge < -0.3 is 14.5 Å². The minimum absolute atomic E-state index is 0.157. The van der Waals surface area contributed by atoms with E-state index >= 15 is 0 Å². The van der Waals surface area contributed by atoms with Gasteiger partial charge >= 0.3 is 0 Å². The average Bonchev–Trinajstić information content (AvgIpc) is 3.16. The molecule has 4 aromatic rings. The second-order valence-corrected chi connectivity index (χ2v) is 8.50. The van der Waals surface area contributed by atoms with E-state index in [0.29, 0.717) is 23.5 Å². The molecule has 2 bridgehead atoms. The molecule has 6 rings (SSSR count). The van der Waals surface area contributed by atoms with E-state index in [0.717, 1.165) is 41.5 Å². The lowest BCUT2D eigenvalue weighted by molar-refractivity contribution is 0.284. The van der Waals surface area contributed by atoms with Crippen LogP contribution in [0.2, 0.25) is 0 Å². The molecule has 32 heavy (non-hydrogen) atoms. The molecule has 0 spiro atoms. The van der Waals surface area contributed by atoms with Gasteiger partial charge in [-0.25, -0.2) is 4.39 Å². The Labute approximate surface area is 183 Å². The van der Waals surface area contributed by atoms with Crippen molar-refractivity contribution in [3.8, 4) is 11.4 Å². The summed E-state index contributed by atoms with van der Waals surface area (Å²) in [6.45, 7) is 0.157. The number of nitrogens with zero attached hydrogens (tertiary/aromatic N) is 2. The van der Waals surface area contributed by atoms with Gasteiger partial charge in [0.1, 0.15) is 29.5 Å². The van der Waals surface area contributed by atoms with Crippen LogP contribution >= 0.6 is 0 Å². The minimum atomic E-state index is -0.398. The Hall–Kier alpha value is -3.45. The summed E-state index contributed by atoms with van der Waals surface area (Å²) in [5, 5.41) is 4.85. The topological polar surface area (TPSA) is 69.3 Å². The van der Waals surface area contributed by atoms with Crippen molar-refractivity contribution in [3.05, 3.63) is 88.0 Å². The molecule has 1 fully saturated rings. The van der Waals surface area contributed by atoms with Crippen LogP contribution in [0.5, 0.6) is 5.75 Å². The van der Waals surface area contributed by atoms with Crippen LogP contribution in [0.1, 0.15) is 42.3 Å². The fourth-order valence-electron chi connectivity index (χ4n) is 4.88. The molecule has 0 radical (unpaired) electrons. The van der Waals surface area contributed by atoms with Crippen molar-refractivity contribution in [3.63, 3.8) is 0 Å². The third-order valence-corrected chi connectivity index (χ3v) is 6.40. The molecule has 1 aromatic carbocycles. The zero-order valence-corrected chi connectivity index (χ0v) is 17.4. The van der Waals surface area contributed by atoms with Crippen LogP contribution in [-0.4, -0.2) is 15.6 Å². The standard InChI is InChI=1S/C25H22FN3O3/c26-15-4-5-17(27-13-15)14-31-19-8-9-29(24(30)12-19)18-6-7-20-22(11-18)32-23-10-16-2-1-3-21(28-16)25(20)23/h4-9,11-13,16,21,28H,1-3,10,14H2. The Balaban J connectivity index is 1.27. The summed E-state index contributed by atoms with van der Waals surface area (Å²) in [7, 11) is 0. The number of benzene rings is 1. The van der Waals surface area contributed by atoms with Crippen LogP contribution in [0.3, 0.4) is 0 Å². The molecule has 1 saturated heterocycles. The van der Waals surface area contributed by atoms with Crippen molar-refractivity contribution in [1.29, 1.82) is 0 Å². The van der Waals surface area contributed by atoms with Crippen LogP contribution < -0.4 is 15.6 Å². The van der Waals surface area contributed by atoms with E-state index in [9.17, 15) is 9.18 Å². The molecular weight excluding hydrogens is 409 g/mol. The molecule has 7 heteroatoms. The van der Waals surface area contributed by atoms with Crippen molar-refractivity contribution in [2.45, 2.75) is 44.4 Å². The maximum atomic E-state index is 13.0. The third kappa shape index (κ3) is 3.39. The van der Waals surface area contributed by atoms with E-state index in [1.54, 1.807) is 22.9 Å². The molecule has 0 amide bonds. The number of furan rings is 1. The second-order valence-electron chi connectivity index (χ2n) is 8.50. The van der Waals surface area contributed by atoms with E-state index in [4.69, 9.17) is 9.15 Å². The number of rotatable bonds is 4. The van der Waals surface area contributed by atoms with E-state index in [1.807, 2.05) is 12.1 Å². The van der Waals surface area contributed by atoms with Crippen molar-refractivity contribution < 1.29 is 13.5 Å². The first kappa shape index (κ1) is 19.3. The minimum Gasteiger partial charge on any atom is -0.487 e. The maximum absolute atomic E-state index is 13.0. The van der Waals surface area contributed by atoms with Crippen LogP contribution in [0.4, 0.5) is 4.39 Å². The average molecular weight is 431 g/mol. The Morgan fingerprint density at radius 2 is 2.12 bits per heavy atom. The highest BCUT2D eigenvalue weighted by molar-refractivity contribution is 5.85. The zero-order valence-electron chi connectivity index (χ0n) is 17.4. The molecular formula is C25H22FN3O3. The third-order valence-electron chi connectivity index (χ3n) is 6.40. The lowest BCUT2D eigenvalue weighted by atomic mass is 9.84. The van der Waals surface area contributed by atoms with Gasteiger partial charge in [0.15, 0.2) is 0 Å². The molecule has 0 aliphatic carbocycles. The lowest BCUT2D eigenvalue weighted by Crippen LogP contribution is -2.42. The fourth-order valence-corrected chi connectivity index (χ4v) is 4.88. The molecule has 162 valence electrons. The molecule has 1 N–H and O–H groups in total. The van der Waals surface area contributed by atoms with E-state index in [2.05, 4.69) is 16.4 Å². The summed E-state index contributed by atoms with van der Waals surface area (Å²) < 4.78 is 26.4. The van der Waals surface area contributed by atoms with Crippen molar-refractivity contribution >= 4 is 11.0 Å². The summed E-state index contributed by atoms with van der Waals surface area (Å²) in [5.74, 6) is 1.12. The van der Waals surface area contributed by atoms with E-state index in [1.165, 1.54) is 30.5 Å². The lowest BCUT2D eigenvalue weighted by Gasteiger charge is -2.35. The zero-order chi connectivity index (χ0) is 21.7. The van der Waals surface area contributed by atoms with Gasteiger partial charge in [-0.05, 0) is 49.6 Å². The largest absolute Gasteiger partial charge is 0.487 e. The Bertz CT molecular complexity index is 1360. The van der Waals surface area contributed by atoms with Gasteiger partial charge in [-0.3, -0.25) is 14.3 Å². The summed E-state index contributed by atoms with van der Waals surface area (Å²) in [6.07, 6.45) is 7.32. The number of hydrogen-bond acceptors (Lipinski definition) is 5. The van der Waals surface area contributed by atoms with Gasteiger partial charge in [0, 0.05) is 47.8 Å². The van der Waals surface area contributed by atoms with Crippen molar-refractivity contribution in [2.24, 2.45) is 0 Å². The molecule has 2 unspecified atom stereocenters. The number of piperidine rings is 1. The van der Waals surface area contributed by atoms with Gasteiger partial charge in [-0.15, -0.1) is 0 Å². The first-order valence-corrected chi connectivity index (χ1v) is 10.9. The van der Waals surface area contributed by atoms with Gasteiger partial charge in [0.05, 0.1) is 17.6 Å². The maximum Gasteiger partial charge on any atom is 0.258 e. The SMILES string of the molecule is O=c1cc(OCc2ccc(F)cn2)ccn1-c1ccc2c3c(oc2c1)CC1CCCC3N1. The number of pyridine rings is 2. The monoisotopic (exact) mass is 431 g/mol. The first-order valence-electron chi connectivity index (χ1n) is 10.9. The molecule has 0 saturated carbocycles. The predicted molar refractivity (Wildman–Crippen MR) is 118 cm³/mol. The highest BCUT2D eigenvalue weighted by Gasteiger charge is 2.33. The van der Waals surface area contributed by atoms with E-state index < -0.39 is 5.82 Å². The molecule has 5 heterocycles. The van der Waals surface area contributed by atoms with Gasteiger partial charge in [0.2, 0.25) is 0 Å². The smallest absolute Gasteiger partial charge is 0.258 e. The van der Waals surface area contributed by atoms with Crippen LogP contribution in [0, 0.1) is 5.82 Å². The second kappa shape index (κ2) is 7.60. The normalized spacial score (nSPS) is 19.7. The number of aromatic nitrogens is 2. The van der Waals surface area contributed by atoms with Crippen molar-refractivity contribution in [1.82, 2.24) is 14.9 Å². The van der Waals surface area contributed by atoms with Gasteiger partial charge in [0.25, 0.3) is 5.56 Å². The first-order chi connectivity index (χ1) is 15.6. The summed E-state index contributed by atoms with van der Waals surface area (Å²) in [6, 6.07) is 12.9. The summed E-state index contributed by atoms with van der Waals surface area (Å²) in [5.41, 5.74) is 3.23. The fraction of sp³-hybridized carbons (Fsp3) is 0.280. The number of nitrogens with one attached hydrogen (secondary N) is 1. The van der Waals surface area contributed by atoms with Gasteiger partial charge in [-0.2, -0.15) is 0 Å². The summed E-state index contributed by atoms with van der Waals surface area (Å²) >= 11 is 0. The highest BCUT2D eigenvalue weighted by Crippen LogP contribution is 2.40. The molecule has 3 aromatic heterocycles. The van der Waals surface area contributed by atoms with Crippen LogP contribution in [0.15, 0.2) is 64.1 Å². The number of fused-ring (bicyclic) bond motifs is 6. The number of ether oxygens (including phenoxy) is 1. The quantitative estimate of drug-likeness (QED) is 0.518. The van der Waals surface area contributed by atoms with Crippen LogP contribution in [-0.2, 0) is 13.0 Å². The molecule has 2 atom stereocenters. The predicted octanol–water partition coefficient (Wildman–Crippen LogP) is 4.44. The highest BCUT2D eigenvalue weighted by atomic mass is 19.1. The van der Waals surface area contributed by atoms with Gasteiger partial charge in [-0.1, -0.05) is 0 Å². The molecule has 2 aliphatic rings. The number of halogens is 1. The molecule has 6 nitrogen and oxygen atoms in total. The van der Waals surface area contributed by atoms with E-state index in [-0.39, 0.29) is 12.2 Å². The Morgan fingerprint density at radius 3 is 2.97 bits per heavy atom.